The van der Waals surface area contributed by atoms with Crippen molar-refractivity contribution in [2.75, 3.05) is 7.11 Å². The number of aryl methyl sites for hydroxylation is 1. The molecule has 0 atom stereocenters. The summed E-state index contributed by atoms with van der Waals surface area (Å²) in [6.07, 6.45) is 2.05. The fraction of sp³-hybridized carbons (Fsp3) is 0.300. The molecule has 0 aromatic heterocycles. The fourth-order valence-electron chi connectivity index (χ4n) is 0.988. The third kappa shape index (κ3) is 3.19. The first-order valence-electron chi connectivity index (χ1n) is 3.82. The van der Waals surface area contributed by atoms with Crippen molar-refractivity contribution in [2.45, 2.75) is 12.8 Å². The number of ether oxygens (including phenoxy) is 1. The van der Waals surface area contributed by atoms with Gasteiger partial charge in [-0.05, 0) is 18.4 Å². The van der Waals surface area contributed by atoms with Crippen LogP contribution in [0.5, 0.6) is 0 Å². The summed E-state index contributed by atoms with van der Waals surface area (Å²) in [5.74, 6) is 0. The molecule has 0 aliphatic heterocycles. The number of benzene rings is 1. The summed E-state index contributed by atoms with van der Waals surface area (Å²) in [6, 6.07) is 10.4. The molecule has 0 aliphatic carbocycles. The molecule has 0 heterocycles. The standard InChI is InChI=1S/C10H13O/c1-11-9-5-8-10-6-3-2-4-7-10/h2-4,6-7,9H,5,8H2,1H3. The molecule has 0 fully saturated rings. The molecule has 1 nitrogen and oxygen atoms in total. The molecule has 0 N–H and O–H groups in total. The molecule has 0 unspecified atom stereocenters. The smallest absolute Gasteiger partial charge is 0.0836 e. The van der Waals surface area contributed by atoms with Gasteiger partial charge in [-0.2, -0.15) is 0 Å². The maximum absolute atomic E-state index is 4.84. The van der Waals surface area contributed by atoms with Crippen LogP contribution in [0.2, 0.25) is 0 Å². The molecule has 1 radical (unpaired) electrons. The highest BCUT2D eigenvalue weighted by Crippen LogP contribution is 2.03. The van der Waals surface area contributed by atoms with E-state index in [-0.39, 0.29) is 0 Å². The first-order valence-corrected chi connectivity index (χ1v) is 3.82. The van der Waals surface area contributed by atoms with Gasteiger partial charge in [-0.15, -0.1) is 0 Å². The molecule has 0 saturated carbocycles. The minimum atomic E-state index is 0.987. The normalized spacial score (nSPS) is 9.91. The van der Waals surface area contributed by atoms with Crippen molar-refractivity contribution in [1.29, 1.82) is 0 Å². The van der Waals surface area contributed by atoms with Gasteiger partial charge in [-0.25, -0.2) is 0 Å². The first kappa shape index (κ1) is 8.28. The van der Waals surface area contributed by atoms with Gasteiger partial charge < -0.3 is 4.74 Å². The van der Waals surface area contributed by atoms with Gasteiger partial charge in [0.2, 0.25) is 0 Å². The Morgan fingerprint density at radius 3 is 2.64 bits per heavy atom. The van der Waals surface area contributed by atoms with Crippen LogP contribution in [0.1, 0.15) is 12.0 Å². The van der Waals surface area contributed by atoms with Crippen molar-refractivity contribution in [3.8, 4) is 0 Å². The second kappa shape index (κ2) is 4.91. The molecule has 1 aromatic carbocycles. The maximum Gasteiger partial charge on any atom is 0.0836 e. The lowest BCUT2D eigenvalue weighted by Gasteiger charge is -1.98. The van der Waals surface area contributed by atoms with E-state index < -0.39 is 0 Å². The Balaban J connectivity index is 2.28. The van der Waals surface area contributed by atoms with Gasteiger partial charge in [0.25, 0.3) is 0 Å². The summed E-state index contributed by atoms with van der Waals surface area (Å²) in [4.78, 5) is 0. The van der Waals surface area contributed by atoms with Crippen molar-refractivity contribution >= 4 is 0 Å². The van der Waals surface area contributed by atoms with Gasteiger partial charge in [0.05, 0.1) is 6.61 Å². The molecule has 59 valence electrons. The maximum atomic E-state index is 4.84. The lowest BCUT2D eigenvalue weighted by atomic mass is 10.1. The Labute approximate surface area is 68.0 Å². The SMILES string of the molecule is CO[CH]CCc1ccccc1. The number of hydrogen-bond donors (Lipinski definition) is 0. The predicted octanol–water partition coefficient (Wildman–Crippen LogP) is 2.43. The van der Waals surface area contributed by atoms with Crippen LogP contribution in [0.4, 0.5) is 0 Å². The van der Waals surface area contributed by atoms with E-state index in [9.17, 15) is 0 Å². The Morgan fingerprint density at radius 2 is 2.00 bits per heavy atom. The van der Waals surface area contributed by atoms with Crippen LogP contribution in [-0.2, 0) is 11.2 Å². The molecule has 1 aromatic rings. The molecule has 11 heavy (non-hydrogen) atoms. The average Bonchev–Trinajstić information content (AvgIpc) is 2.07. The summed E-state index contributed by atoms with van der Waals surface area (Å²) in [7, 11) is 1.69. The van der Waals surface area contributed by atoms with Gasteiger partial charge in [0.1, 0.15) is 0 Å². The molecule has 1 rings (SSSR count). The van der Waals surface area contributed by atoms with Crippen LogP contribution in [0.25, 0.3) is 0 Å². The first-order chi connectivity index (χ1) is 5.43. The summed E-state index contributed by atoms with van der Waals surface area (Å²) in [5, 5.41) is 0. The van der Waals surface area contributed by atoms with E-state index in [0.29, 0.717) is 0 Å². The summed E-state index contributed by atoms with van der Waals surface area (Å²) >= 11 is 0. The molecular formula is C10H13O. The third-order valence-corrected chi connectivity index (χ3v) is 1.56. The lowest BCUT2D eigenvalue weighted by molar-refractivity contribution is 0.265. The average molecular weight is 149 g/mol. The predicted molar refractivity (Wildman–Crippen MR) is 46.1 cm³/mol. The fourth-order valence-corrected chi connectivity index (χ4v) is 0.988. The highest BCUT2D eigenvalue weighted by Gasteiger charge is 1.90. The van der Waals surface area contributed by atoms with Gasteiger partial charge in [0, 0.05) is 7.11 Å². The topological polar surface area (TPSA) is 9.23 Å². The molecule has 0 aliphatic rings. The summed E-state index contributed by atoms with van der Waals surface area (Å²) < 4.78 is 4.84. The van der Waals surface area contributed by atoms with Crippen molar-refractivity contribution in [2.24, 2.45) is 0 Å². The van der Waals surface area contributed by atoms with Gasteiger partial charge in [-0.1, -0.05) is 30.3 Å². The van der Waals surface area contributed by atoms with Crippen LogP contribution < -0.4 is 0 Å². The van der Waals surface area contributed by atoms with Crippen LogP contribution in [0.3, 0.4) is 0 Å². The molecule has 0 bridgehead atoms. The monoisotopic (exact) mass is 149 g/mol. The Kier molecular flexibility index (Phi) is 3.70. The Bertz CT molecular complexity index is 181. The number of rotatable bonds is 4. The second-order valence-corrected chi connectivity index (χ2v) is 2.43. The zero-order valence-electron chi connectivity index (χ0n) is 6.79. The summed E-state index contributed by atoms with van der Waals surface area (Å²) in [6.45, 7) is 1.83. The molecule has 0 saturated heterocycles. The van der Waals surface area contributed by atoms with Gasteiger partial charge in [-0.3, -0.25) is 0 Å². The number of hydrogen-bond acceptors (Lipinski definition) is 1. The molecular weight excluding hydrogens is 136 g/mol. The minimum absolute atomic E-state index is 0.987. The molecule has 0 amide bonds. The van der Waals surface area contributed by atoms with E-state index in [4.69, 9.17) is 4.74 Å². The zero-order chi connectivity index (χ0) is 7.94. The number of methoxy groups -OCH3 is 1. The highest BCUT2D eigenvalue weighted by molar-refractivity contribution is 5.14. The van der Waals surface area contributed by atoms with E-state index in [2.05, 4.69) is 24.3 Å². The lowest BCUT2D eigenvalue weighted by Crippen LogP contribution is -1.86. The largest absolute Gasteiger partial charge is 0.379 e. The van der Waals surface area contributed by atoms with E-state index in [1.807, 2.05) is 12.7 Å². The van der Waals surface area contributed by atoms with Crippen LogP contribution >= 0.6 is 0 Å². The second-order valence-electron chi connectivity index (χ2n) is 2.43. The van der Waals surface area contributed by atoms with Crippen molar-refractivity contribution in [3.63, 3.8) is 0 Å². The van der Waals surface area contributed by atoms with E-state index in [1.165, 1.54) is 5.56 Å². The van der Waals surface area contributed by atoms with E-state index in [1.54, 1.807) is 7.11 Å². The molecule has 0 spiro atoms. The van der Waals surface area contributed by atoms with Gasteiger partial charge >= 0.3 is 0 Å². The summed E-state index contributed by atoms with van der Waals surface area (Å²) in [5.41, 5.74) is 1.36. The van der Waals surface area contributed by atoms with Gasteiger partial charge in [0.15, 0.2) is 0 Å². The van der Waals surface area contributed by atoms with Crippen molar-refractivity contribution in [1.82, 2.24) is 0 Å². The minimum Gasteiger partial charge on any atom is -0.379 e. The Hall–Kier alpha value is -0.820. The van der Waals surface area contributed by atoms with Crippen LogP contribution in [0, 0.1) is 6.61 Å². The Morgan fingerprint density at radius 1 is 1.27 bits per heavy atom. The third-order valence-electron chi connectivity index (χ3n) is 1.56. The quantitative estimate of drug-likeness (QED) is 0.597. The van der Waals surface area contributed by atoms with Crippen LogP contribution in [0.15, 0.2) is 30.3 Å². The zero-order valence-corrected chi connectivity index (χ0v) is 6.79. The van der Waals surface area contributed by atoms with Crippen LogP contribution in [-0.4, -0.2) is 7.11 Å². The highest BCUT2D eigenvalue weighted by atomic mass is 16.5. The van der Waals surface area contributed by atoms with E-state index >= 15 is 0 Å². The van der Waals surface area contributed by atoms with E-state index in [0.717, 1.165) is 12.8 Å². The van der Waals surface area contributed by atoms with Crippen molar-refractivity contribution in [3.05, 3.63) is 42.5 Å². The van der Waals surface area contributed by atoms with Crippen molar-refractivity contribution < 1.29 is 4.74 Å². The molecule has 1 heteroatoms.